The molecule has 1 amide bonds. The van der Waals surface area contributed by atoms with Crippen LogP contribution in [0.5, 0.6) is 0 Å². The van der Waals surface area contributed by atoms with E-state index in [1.54, 1.807) is 16.3 Å². The summed E-state index contributed by atoms with van der Waals surface area (Å²) in [6, 6.07) is 3.68. The summed E-state index contributed by atoms with van der Waals surface area (Å²) < 4.78 is 0. The summed E-state index contributed by atoms with van der Waals surface area (Å²) in [7, 11) is 0. The van der Waals surface area contributed by atoms with E-state index in [0.717, 1.165) is 11.4 Å². The van der Waals surface area contributed by atoms with Gasteiger partial charge in [0.15, 0.2) is 0 Å². The van der Waals surface area contributed by atoms with Crippen molar-refractivity contribution in [3.8, 4) is 0 Å². The van der Waals surface area contributed by atoms with Crippen molar-refractivity contribution in [3.05, 3.63) is 38.8 Å². The van der Waals surface area contributed by atoms with Gasteiger partial charge in [0.1, 0.15) is 4.88 Å². The van der Waals surface area contributed by atoms with Crippen molar-refractivity contribution in [3.63, 3.8) is 0 Å². The summed E-state index contributed by atoms with van der Waals surface area (Å²) >= 11 is 7.34. The van der Waals surface area contributed by atoms with Crippen LogP contribution < -0.4 is 0 Å². The number of hydrogen-bond acceptors (Lipinski definition) is 4. The van der Waals surface area contributed by atoms with Crippen LogP contribution in [0, 0.1) is 12.8 Å². The lowest BCUT2D eigenvalue weighted by molar-refractivity contribution is 0.0769. The number of β-amino-alcohol motifs (C(OH)–C–C–N with tert-alkyl or cyclic N) is 1. The summed E-state index contributed by atoms with van der Waals surface area (Å²) in [5, 5.41) is 19.5. The van der Waals surface area contributed by atoms with E-state index in [1.165, 1.54) is 11.3 Å². The van der Waals surface area contributed by atoms with Crippen LogP contribution in [0.3, 0.4) is 0 Å². The lowest BCUT2D eigenvalue weighted by atomic mass is 10.0. The average Bonchev–Trinajstić information content (AvgIpc) is 3.12. The van der Waals surface area contributed by atoms with Crippen LogP contribution >= 0.6 is 22.9 Å². The zero-order valence-corrected chi connectivity index (χ0v) is 13.1. The molecule has 0 bridgehead atoms. The van der Waals surface area contributed by atoms with E-state index in [1.807, 2.05) is 13.0 Å². The zero-order valence-electron chi connectivity index (χ0n) is 11.5. The highest BCUT2D eigenvalue weighted by atomic mass is 35.5. The number of aryl methyl sites for hydroxylation is 1. The molecule has 3 rings (SSSR count). The van der Waals surface area contributed by atoms with Crippen molar-refractivity contribution in [2.75, 3.05) is 13.1 Å². The molecule has 112 valence electrons. The van der Waals surface area contributed by atoms with Gasteiger partial charge in [-0.1, -0.05) is 11.6 Å². The van der Waals surface area contributed by atoms with Crippen LogP contribution in [0.1, 0.15) is 21.1 Å². The van der Waals surface area contributed by atoms with E-state index < -0.39 is 6.10 Å². The number of amides is 1. The Morgan fingerprint density at radius 2 is 2.43 bits per heavy atom. The Bertz CT molecular complexity index is 654. The minimum absolute atomic E-state index is 0.00962. The number of rotatable bonds is 3. The average molecular weight is 326 g/mol. The van der Waals surface area contributed by atoms with Gasteiger partial charge < -0.3 is 10.0 Å². The molecule has 7 heteroatoms. The second-order valence-electron chi connectivity index (χ2n) is 5.38. The Morgan fingerprint density at radius 3 is 3.05 bits per heavy atom. The molecular formula is C14H16ClN3O2S. The van der Waals surface area contributed by atoms with E-state index >= 15 is 0 Å². The number of H-pyrrole nitrogens is 1. The van der Waals surface area contributed by atoms with E-state index in [4.69, 9.17) is 11.6 Å². The Labute approximate surface area is 131 Å². The number of nitrogens with one attached hydrogen (secondary N) is 1. The smallest absolute Gasteiger partial charge is 0.265 e. The van der Waals surface area contributed by atoms with Crippen LogP contribution in [0.2, 0.25) is 5.02 Å². The first-order valence-corrected chi connectivity index (χ1v) is 8.01. The van der Waals surface area contributed by atoms with Gasteiger partial charge in [0, 0.05) is 24.7 Å². The maximum Gasteiger partial charge on any atom is 0.265 e. The number of aliphatic hydroxyl groups excluding tert-OH is 1. The van der Waals surface area contributed by atoms with Gasteiger partial charge >= 0.3 is 0 Å². The van der Waals surface area contributed by atoms with Gasteiger partial charge in [0.25, 0.3) is 5.91 Å². The van der Waals surface area contributed by atoms with Gasteiger partial charge in [-0.05, 0) is 30.9 Å². The summed E-state index contributed by atoms with van der Waals surface area (Å²) in [6.07, 6.45) is 0.137. The number of carbonyl (C=O) groups is 1. The minimum atomic E-state index is -0.523. The van der Waals surface area contributed by atoms with Crippen molar-refractivity contribution in [1.82, 2.24) is 15.1 Å². The molecule has 21 heavy (non-hydrogen) atoms. The number of aliphatic hydroxyl groups is 1. The Balaban J connectivity index is 1.68. The minimum Gasteiger partial charge on any atom is -0.391 e. The molecule has 3 heterocycles. The number of hydrogen-bond donors (Lipinski definition) is 2. The topological polar surface area (TPSA) is 69.2 Å². The number of aromatic nitrogens is 2. The fourth-order valence-electron chi connectivity index (χ4n) is 2.66. The number of nitrogens with zero attached hydrogens (tertiary/aromatic N) is 2. The Morgan fingerprint density at radius 1 is 1.62 bits per heavy atom. The molecule has 2 aromatic heterocycles. The highest BCUT2D eigenvalue weighted by Gasteiger charge is 2.35. The zero-order chi connectivity index (χ0) is 15.0. The number of aromatic amines is 1. The maximum absolute atomic E-state index is 12.4. The largest absolute Gasteiger partial charge is 0.391 e. The molecule has 0 aliphatic carbocycles. The highest BCUT2D eigenvalue weighted by Crippen LogP contribution is 2.28. The molecule has 0 radical (unpaired) electrons. The van der Waals surface area contributed by atoms with Gasteiger partial charge in [-0.2, -0.15) is 5.10 Å². The molecule has 2 aromatic rings. The van der Waals surface area contributed by atoms with Crippen molar-refractivity contribution in [2.24, 2.45) is 5.92 Å². The molecule has 1 saturated heterocycles. The second kappa shape index (κ2) is 5.79. The Hall–Kier alpha value is -1.37. The van der Waals surface area contributed by atoms with Gasteiger partial charge in [-0.25, -0.2) is 0 Å². The van der Waals surface area contributed by atoms with E-state index in [9.17, 15) is 9.90 Å². The Kier molecular flexibility index (Phi) is 4.01. The molecule has 5 nitrogen and oxygen atoms in total. The van der Waals surface area contributed by atoms with Crippen LogP contribution in [-0.2, 0) is 6.42 Å². The molecule has 0 aromatic carbocycles. The molecule has 0 unspecified atom stereocenters. The molecule has 2 atom stereocenters. The third-order valence-electron chi connectivity index (χ3n) is 3.74. The highest BCUT2D eigenvalue weighted by molar-refractivity contribution is 7.12. The number of likely N-dealkylation sites (tertiary alicyclic amines) is 1. The normalized spacial score (nSPS) is 22.0. The van der Waals surface area contributed by atoms with Gasteiger partial charge in [0.2, 0.25) is 0 Å². The van der Waals surface area contributed by atoms with E-state index in [0.29, 0.717) is 29.4 Å². The standard InChI is InChI=1S/C14H16ClN3O2S/c1-8-4-10(17-16-8)5-9-6-18(7-12(9)19)14(20)13-11(15)2-3-21-13/h2-4,9,12,19H,5-7H2,1H3,(H,16,17)/t9-,12-/m1/s1. The van der Waals surface area contributed by atoms with Gasteiger partial charge in [-0.15, -0.1) is 11.3 Å². The van der Waals surface area contributed by atoms with Crippen molar-refractivity contribution in [2.45, 2.75) is 19.4 Å². The van der Waals surface area contributed by atoms with Crippen LogP contribution in [0.15, 0.2) is 17.5 Å². The quantitative estimate of drug-likeness (QED) is 0.908. The SMILES string of the molecule is Cc1cc(C[C@@H]2CN(C(=O)c3sccc3Cl)C[C@H]2O)n[nH]1. The fraction of sp³-hybridized carbons (Fsp3) is 0.429. The lowest BCUT2D eigenvalue weighted by Gasteiger charge is -2.15. The van der Waals surface area contributed by atoms with Crippen molar-refractivity contribution in [1.29, 1.82) is 0 Å². The number of thiophene rings is 1. The number of carbonyl (C=O) groups excluding carboxylic acids is 1. The molecule has 1 fully saturated rings. The monoisotopic (exact) mass is 325 g/mol. The van der Waals surface area contributed by atoms with Gasteiger partial charge in [-0.3, -0.25) is 9.89 Å². The molecule has 1 aliphatic rings. The third kappa shape index (κ3) is 2.97. The van der Waals surface area contributed by atoms with E-state index in [-0.39, 0.29) is 11.8 Å². The first kappa shape index (κ1) is 14.6. The molecular weight excluding hydrogens is 310 g/mol. The first-order chi connectivity index (χ1) is 10.0. The predicted octanol–water partition coefficient (Wildman–Crippen LogP) is 2.11. The fourth-order valence-corrected chi connectivity index (χ4v) is 3.76. The molecule has 0 saturated carbocycles. The summed E-state index contributed by atoms with van der Waals surface area (Å²) in [4.78, 5) is 14.6. The van der Waals surface area contributed by atoms with Crippen LogP contribution in [0.25, 0.3) is 0 Å². The third-order valence-corrected chi connectivity index (χ3v) is 5.06. The maximum atomic E-state index is 12.4. The van der Waals surface area contributed by atoms with Gasteiger partial charge in [0.05, 0.1) is 16.8 Å². The summed E-state index contributed by atoms with van der Waals surface area (Å²) in [5.74, 6) is -0.0925. The summed E-state index contributed by atoms with van der Waals surface area (Å²) in [6.45, 7) is 2.82. The molecule has 0 spiro atoms. The lowest BCUT2D eigenvalue weighted by Crippen LogP contribution is -2.29. The second-order valence-corrected chi connectivity index (χ2v) is 6.70. The van der Waals surface area contributed by atoms with Crippen molar-refractivity contribution < 1.29 is 9.90 Å². The van der Waals surface area contributed by atoms with Crippen LogP contribution in [0.4, 0.5) is 0 Å². The first-order valence-electron chi connectivity index (χ1n) is 6.76. The molecule has 2 N–H and O–H groups in total. The number of halogens is 1. The summed E-state index contributed by atoms with van der Waals surface area (Å²) in [5.41, 5.74) is 1.91. The van der Waals surface area contributed by atoms with Crippen LogP contribution in [-0.4, -0.2) is 45.3 Å². The predicted molar refractivity (Wildman–Crippen MR) is 81.8 cm³/mol. The molecule has 1 aliphatic heterocycles. The van der Waals surface area contributed by atoms with E-state index in [2.05, 4.69) is 10.2 Å². The van der Waals surface area contributed by atoms with Crippen molar-refractivity contribution >= 4 is 28.8 Å².